The first-order valence-electron chi connectivity index (χ1n) is 11.9. The van der Waals surface area contributed by atoms with Crippen LogP contribution in [0.3, 0.4) is 0 Å². The van der Waals surface area contributed by atoms with E-state index in [2.05, 4.69) is 101 Å². The summed E-state index contributed by atoms with van der Waals surface area (Å²) in [5, 5.41) is 2.64. The van der Waals surface area contributed by atoms with E-state index in [1.807, 2.05) is 13.8 Å². The van der Waals surface area contributed by atoms with Gasteiger partial charge in [0.2, 0.25) is 0 Å². The Bertz CT molecular complexity index is 816. The van der Waals surface area contributed by atoms with Crippen molar-refractivity contribution in [2.75, 3.05) is 13.2 Å². The van der Waals surface area contributed by atoms with Crippen molar-refractivity contribution in [1.29, 1.82) is 0 Å². The summed E-state index contributed by atoms with van der Waals surface area (Å²) in [5.74, 6) is -0.0578. The van der Waals surface area contributed by atoms with E-state index in [-0.39, 0.29) is 11.1 Å². The fourth-order valence-electron chi connectivity index (χ4n) is 4.68. The highest BCUT2D eigenvalue weighted by atomic mass is 28.4. The second-order valence-corrected chi connectivity index (χ2v) is 14.7. The van der Waals surface area contributed by atoms with Gasteiger partial charge in [-0.1, -0.05) is 101 Å². The van der Waals surface area contributed by atoms with E-state index in [1.165, 1.54) is 10.4 Å². The number of benzene rings is 2. The Morgan fingerprint density at radius 2 is 1.53 bits per heavy atom. The van der Waals surface area contributed by atoms with Crippen molar-refractivity contribution in [1.82, 2.24) is 0 Å². The van der Waals surface area contributed by atoms with Crippen LogP contribution in [0.5, 0.6) is 0 Å². The molecule has 2 atom stereocenters. The first-order chi connectivity index (χ1) is 15.2. The van der Waals surface area contributed by atoms with Crippen LogP contribution in [0.1, 0.15) is 54.4 Å². The summed E-state index contributed by atoms with van der Waals surface area (Å²) in [4.78, 5) is 0. The molecule has 1 aliphatic rings. The van der Waals surface area contributed by atoms with Crippen molar-refractivity contribution in [3.05, 3.63) is 72.8 Å². The Morgan fingerprint density at radius 1 is 0.969 bits per heavy atom. The average Bonchev–Trinajstić information content (AvgIpc) is 2.76. The van der Waals surface area contributed by atoms with Gasteiger partial charge in [0.25, 0.3) is 8.32 Å². The third-order valence-electron chi connectivity index (χ3n) is 6.36. The van der Waals surface area contributed by atoms with Crippen molar-refractivity contribution in [3.8, 4) is 0 Å². The van der Waals surface area contributed by atoms with Crippen LogP contribution in [0.25, 0.3) is 0 Å². The van der Waals surface area contributed by atoms with E-state index in [4.69, 9.17) is 13.9 Å². The molecule has 2 aromatic carbocycles. The lowest BCUT2D eigenvalue weighted by atomic mass is 9.99. The van der Waals surface area contributed by atoms with Crippen LogP contribution < -0.4 is 10.4 Å². The lowest BCUT2D eigenvalue weighted by molar-refractivity contribution is -0.291. The molecular formula is C28H40O3Si. The zero-order valence-corrected chi connectivity index (χ0v) is 21.6. The summed E-state index contributed by atoms with van der Waals surface area (Å²) in [6.45, 7) is 14.5. The van der Waals surface area contributed by atoms with Crippen molar-refractivity contribution in [3.63, 3.8) is 0 Å². The van der Waals surface area contributed by atoms with Gasteiger partial charge in [-0.05, 0) is 42.1 Å². The molecule has 3 rings (SSSR count). The molecule has 0 saturated carbocycles. The lowest BCUT2D eigenvalue weighted by Crippen LogP contribution is -2.66. The van der Waals surface area contributed by atoms with Crippen molar-refractivity contribution in [2.45, 2.75) is 71.3 Å². The van der Waals surface area contributed by atoms with Crippen LogP contribution in [0.15, 0.2) is 72.8 Å². The van der Waals surface area contributed by atoms with Crippen LogP contribution in [-0.2, 0) is 13.9 Å². The highest BCUT2D eigenvalue weighted by Gasteiger charge is 2.49. The first kappa shape index (κ1) is 24.9. The molecule has 3 nitrogen and oxygen atoms in total. The first-order valence-corrected chi connectivity index (χ1v) is 13.8. The van der Waals surface area contributed by atoms with Crippen LogP contribution >= 0.6 is 0 Å². The predicted octanol–water partition coefficient (Wildman–Crippen LogP) is 5.69. The molecule has 1 fully saturated rings. The average molecular weight is 453 g/mol. The van der Waals surface area contributed by atoms with E-state index >= 15 is 0 Å². The van der Waals surface area contributed by atoms with Crippen molar-refractivity contribution >= 4 is 18.7 Å². The van der Waals surface area contributed by atoms with Gasteiger partial charge in [-0.25, -0.2) is 0 Å². The van der Waals surface area contributed by atoms with Gasteiger partial charge in [0, 0.05) is 5.92 Å². The van der Waals surface area contributed by atoms with E-state index in [0.29, 0.717) is 12.5 Å². The fourth-order valence-corrected chi connectivity index (χ4v) is 9.18. The molecule has 0 spiro atoms. The maximum absolute atomic E-state index is 6.91. The predicted molar refractivity (Wildman–Crippen MR) is 136 cm³/mol. The Hall–Kier alpha value is -1.72. The van der Waals surface area contributed by atoms with Gasteiger partial charge in [0.05, 0.1) is 19.3 Å². The summed E-state index contributed by atoms with van der Waals surface area (Å²) in [7, 11) is -2.46. The minimum absolute atomic E-state index is 0.000495. The van der Waals surface area contributed by atoms with E-state index in [1.54, 1.807) is 0 Å². The van der Waals surface area contributed by atoms with Gasteiger partial charge < -0.3 is 13.9 Å². The number of rotatable bonds is 8. The van der Waals surface area contributed by atoms with Gasteiger partial charge in [-0.3, -0.25) is 0 Å². The fraction of sp³-hybridized carbons (Fsp3) is 0.500. The molecular weight excluding hydrogens is 412 g/mol. The second kappa shape index (κ2) is 10.5. The molecule has 174 valence electrons. The number of allylic oxidation sites excluding steroid dienone is 1. The van der Waals surface area contributed by atoms with Gasteiger partial charge in [0.1, 0.15) is 0 Å². The summed E-state index contributed by atoms with van der Waals surface area (Å²) in [6, 6.07) is 21.6. The number of hydrogen-bond donors (Lipinski definition) is 0. The van der Waals surface area contributed by atoms with E-state index in [9.17, 15) is 0 Å². The maximum Gasteiger partial charge on any atom is 0.261 e. The molecule has 32 heavy (non-hydrogen) atoms. The molecule has 0 aromatic heterocycles. The van der Waals surface area contributed by atoms with Crippen LogP contribution in [0.2, 0.25) is 5.04 Å². The molecule has 0 aliphatic carbocycles. The molecule has 1 heterocycles. The zero-order valence-electron chi connectivity index (χ0n) is 20.6. The summed E-state index contributed by atoms with van der Waals surface area (Å²) in [6.07, 6.45) is 6.66. The normalized spacial score (nSPS) is 21.7. The van der Waals surface area contributed by atoms with Crippen LogP contribution in [0, 0.1) is 5.92 Å². The Balaban J connectivity index is 1.71. The number of hydrogen-bond acceptors (Lipinski definition) is 3. The molecule has 2 aromatic rings. The van der Waals surface area contributed by atoms with Gasteiger partial charge in [0.15, 0.2) is 5.79 Å². The molecule has 1 aliphatic heterocycles. The molecule has 0 N–H and O–H groups in total. The zero-order chi connectivity index (χ0) is 23.2. The summed E-state index contributed by atoms with van der Waals surface area (Å²) < 4.78 is 18.8. The Kier molecular flexibility index (Phi) is 8.15. The van der Waals surface area contributed by atoms with Gasteiger partial charge in [-0.2, -0.15) is 0 Å². The smallest absolute Gasteiger partial charge is 0.261 e. The molecule has 0 unspecified atom stereocenters. The molecule has 0 amide bonds. The molecule has 1 saturated heterocycles. The standard InChI is InChI=1S/C28H40O3Si/c1-23-22-29-28(5,6)31-26(23)20-14-9-15-21-30-32(27(2,3)4,24-16-10-7-11-17-24)25-18-12-8-13-19-25/h7-13,15-19,23,26H,14,20-22H2,1-6H3/b15-9+/t23-,26+/m0/s1. The van der Waals surface area contributed by atoms with Crippen LogP contribution in [-0.4, -0.2) is 33.4 Å². The minimum Gasteiger partial charge on any atom is -0.404 e. The summed E-state index contributed by atoms with van der Waals surface area (Å²) in [5.41, 5.74) is 0. The Labute approximate surface area is 195 Å². The van der Waals surface area contributed by atoms with Crippen molar-refractivity contribution in [2.24, 2.45) is 5.92 Å². The monoisotopic (exact) mass is 452 g/mol. The van der Waals surface area contributed by atoms with Crippen LogP contribution in [0.4, 0.5) is 0 Å². The lowest BCUT2D eigenvalue weighted by Gasteiger charge is -2.42. The van der Waals surface area contributed by atoms with E-state index < -0.39 is 14.1 Å². The Morgan fingerprint density at radius 3 is 2.06 bits per heavy atom. The number of ether oxygens (including phenoxy) is 2. The largest absolute Gasteiger partial charge is 0.404 e. The van der Waals surface area contributed by atoms with E-state index in [0.717, 1.165) is 19.4 Å². The maximum atomic E-state index is 6.91. The molecule has 0 bridgehead atoms. The highest BCUT2D eigenvalue weighted by molar-refractivity contribution is 6.99. The quantitative estimate of drug-likeness (QED) is 0.380. The van der Waals surface area contributed by atoms with Crippen molar-refractivity contribution < 1.29 is 13.9 Å². The van der Waals surface area contributed by atoms with Gasteiger partial charge >= 0.3 is 0 Å². The highest BCUT2D eigenvalue weighted by Crippen LogP contribution is 2.36. The SMILES string of the molecule is C[C@H]1COC(C)(C)O[C@@H]1CC/C=C/CO[Si](c1ccccc1)(c1ccccc1)C(C)(C)C. The third-order valence-corrected chi connectivity index (χ3v) is 11.4. The van der Waals surface area contributed by atoms with Gasteiger partial charge in [-0.15, -0.1) is 0 Å². The molecule has 0 radical (unpaired) electrons. The third kappa shape index (κ3) is 5.79. The minimum atomic E-state index is -2.46. The second-order valence-electron chi connectivity index (χ2n) is 10.4. The topological polar surface area (TPSA) is 27.7 Å². The molecule has 4 heteroatoms. The summed E-state index contributed by atoms with van der Waals surface area (Å²) >= 11 is 0.